The molecule has 3 aliphatic rings. The lowest BCUT2D eigenvalue weighted by Gasteiger charge is -2.36. The molecule has 0 N–H and O–H groups in total. The van der Waals surface area contributed by atoms with Crippen LogP contribution in [0, 0.1) is 5.92 Å². The Bertz CT molecular complexity index is 901. The molecule has 0 bridgehead atoms. The van der Waals surface area contributed by atoms with Crippen LogP contribution in [0.2, 0.25) is 0 Å². The summed E-state index contributed by atoms with van der Waals surface area (Å²) >= 11 is 0. The number of nitrogens with zero attached hydrogens (tertiary/aromatic N) is 5. The first-order chi connectivity index (χ1) is 14.7. The molecular weight excluding hydrogens is 374 g/mol. The summed E-state index contributed by atoms with van der Waals surface area (Å²) in [6, 6.07) is 9.61. The second-order valence-corrected chi connectivity index (χ2v) is 8.98. The Hall–Kier alpha value is -2.63. The molecule has 0 unspecified atom stereocenters. The van der Waals surface area contributed by atoms with Crippen LogP contribution in [0.4, 0.5) is 11.8 Å². The fourth-order valence-electron chi connectivity index (χ4n) is 4.86. The van der Waals surface area contributed by atoms with Crippen LogP contribution < -0.4 is 9.80 Å². The van der Waals surface area contributed by atoms with E-state index < -0.39 is 0 Å². The summed E-state index contributed by atoms with van der Waals surface area (Å²) in [5.41, 5.74) is 3.05. The molecule has 0 spiro atoms. The van der Waals surface area contributed by atoms with E-state index in [0.717, 1.165) is 67.1 Å². The number of hydrogen-bond acceptors (Lipinski definition) is 5. The van der Waals surface area contributed by atoms with Gasteiger partial charge in [-0.05, 0) is 43.7 Å². The average molecular weight is 406 g/mol. The van der Waals surface area contributed by atoms with Gasteiger partial charge >= 0.3 is 0 Å². The highest BCUT2D eigenvalue weighted by atomic mass is 16.2. The van der Waals surface area contributed by atoms with Crippen LogP contribution in [0.3, 0.4) is 0 Å². The first kappa shape index (κ1) is 19.3. The maximum atomic E-state index is 13.1. The minimum Gasteiger partial charge on any atom is -0.356 e. The van der Waals surface area contributed by atoms with E-state index in [-0.39, 0.29) is 5.91 Å². The zero-order valence-electron chi connectivity index (χ0n) is 17.9. The highest BCUT2D eigenvalue weighted by molar-refractivity contribution is 5.94. The Labute approximate surface area is 178 Å². The smallest absolute Gasteiger partial charge is 0.254 e. The van der Waals surface area contributed by atoms with Crippen molar-refractivity contribution in [3.63, 3.8) is 0 Å². The number of carbonyl (C=O) groups is 1. The fourth-order valence-corrected chi connectivity index (χ4v) is 4.86. The van der Waals surface area contributed by atoms with Crippen molar-refractivity contribution in [3.8, 4) is 0 Å². The molecule has 1 amide bonds. The van der Waals surface area contributed by atoms with Gasteiger partial charge in [0.05, 0.1) is 12.2 Å². The van der Waals surface area contributed by atoms with Crippen molar-refractivity contribution < 1.29 is 4.79 Å². The second kappa shape index (κ2) is 8.25. The molecule has 1 aromatic heterocycles. The normalized spacial score (nSPS) is 19.8. The molecule has 5 rings (SSSR count). The molecule has 6 nitrogen and oxygen atoms in total. The monoisotopic (exact) mass is 405 g/mol. The molecule has 1 aromatic carbocycles. The Balaban J connectivity index is 1.47. The molecule has 0 saturated carbocycles. The summed E-state index contributed by atoms with van der Waals surface area (Å²) < 4.78 is 0. The quantitative estimate of drug-likeness (QED) is 0.782. The molecular formula is C24H31N5O. The largest absolute Gasteiger partial charge is 0.356 e. The van der Waals surface area contributed by atoms with Gasteiger partial charge in [0, 0.05) is 50.3 Å². The zero-order valence-corrected chi connectivity index (χ0v) is 17.9. The summed E-state index contributed by atoms with van der Waals surface area (Å²) in [6.45, 7) is 7.83. The minimum absolute atomic E-state index is 0.100. The summed E-state index contributed by atoms with van der Waals surface area (Å²) in [5.74, 6) is 2.83. The van der Waals surface area contributed by atoms with Crippen LogP contribution in [-0.4, -0.2) is 53.5 Å². The van der Waals surface area contributed by atoms with Gasteiger partial charge in [0.25, 0.3) is 5.91 Å². The van der Waals surface area contributed by atoms with Gasteiger partial charge < -0.3 is 14.7 Å². The predicted octanol–water partition coefficient (Wildman–Crippen LogP) is 3.51. The summed E-state index contributed by atoms with van der Waals surface area (Å²) in [4.78, 5) is 29.9. The molecule has 2 fully saturated rings. The number of anilines is 2. The third kappa shape index (κ3) is 3.75. The van der Waals surface area contributed by atoms with E-state index in [4.69, 9.17) is 9.97 Å². The fraction of sp³-hybridized carbons (Fsp3) is 0.542. The Morgan fingerprint density at radius 2 is 1.67 bits per heavy atom. The number of hydrogen-bond donors (Lipinski definition) is 0. The number of fused-ring (bicyclic) bond motifs is 1. The van der Waals surface area contributed by atoms with E-state index in [1.54, 1.807) is 0 Å². The van der Waals surface area contributed by atoms with E-state index in [1.165, 1.54) is 25.7 Å². The summed E-state index contributed by atoms with van der Waals surface area (Å²) in [5, 5.41) is 0. The average Bonchev–Trinajstić information content (AvgIpc) is 3.34. The lowest BCUT2D eigenvalue weighted by molar-refractivity contribution is 0.0733. The van der Waals surface area contributed by atoms with Crippen LogP contribution in [0.25, 0.3) is 0 Å². The lowest BCUT2D eigenvalue weighted by Crippen LogP contribution is -2.40. The summed E-state index contributed by atoms with van der Waals surface area (Å²) in [6.07, 6.45) is 5.64. The van der Waals surface area contributed by atoms with Crippen LogP contribution in [0.5, 0.6) is 0 Å². The number of piperidine rings is 1. The maximum Gasteiger partial charge on any atom is 0.254 e. The van der Waals surface area contributed by atoms with Crippen LogP contribution in [-0.2, 0) is 13.0 Å². The van der Waals surface area contributed by atoms with Gasteiger partial charge in [-0.3, -0.25) is 4.79 Å². The van der Waals surface area contributed by atoms with Crippen molar-refractivity contribution in [1.29, 1.82) is 0 Å². The molecule has 0 atom stereocenters. The molecule has 2 saturated heterocycles. The van der Waals surface area contributed by atoms with Crippen molar-refractivity contribution in [2.45, 2.75) is 45.6 Å². The van der Waals surface area contributed by atoms with Crippen LogP contribution in [0.1, 0.15) is 54.2 Å². The van der Waals surface area contributed by atoms with Gasteiger partial charge in [-0.2, -0.15) is 4.98 Å². The van der Waals surface area contributed by atoms with Crippen molar-refractivity contribution >= 4 is 17.7 Å². The van der Waals surface area contributed by atoms with Crippen molar-refractivity contribution in [2.75, 3.05) is 42.5 Å². The first-order valence-electron chi connectivity index (χ1n) is 11.4. The SMILES string of the molecule is CC1CCN(c2nc(N3CCCC3)nc3c2CN(C(=O)c2ccccc2)CC3)CC1. The van der Waals surface area contributed by atoms with Crippen molar-refractivity contribution in [1.82, 2.24) is 14.9 Å². The first-order valence-corrected chi connectivity index (χ1v) is 11.4. The number of carbonyl (C=O) groups excluding carboxylic acids is 1. The maximum absolute atomic E-state index is 13.1. The molecule has 0 aliphatic carbocycles. The lowest BCUT2D eigenvalue weighted by atomic mass is 9.98. The van der Waals surface area contributed by atoms with E-state index in [1.807, 2.05) is 35.2 Å². The van der Waals surface area contributed by atoms with E-state index in [2.05, 4.69) is 16.7 Å². The second-order valence-electron chi connectivity index (χ2n) is 8.98. The van der Waals surface area contributed by atoms with E-state index in [9.17, 15) is 4.79 Å². The van der Waals surface area contributed by atoms with Gasteiger partial charge in [0.2, 0.25) is 5.95 Å². The van der Waals surface area contributed by atoms with Gasteiger partial charge in [-0.25, -0.2) is 4.98 Å². The van der Waals surface area contributed by atoms with E-state index >= 15 is 0 Å². The molecule has 158 valence electrons. The Kier molecular flexibility index (Phi) is 5.32. The highest BCUT2D eigenvalue weighted by Crippen LogP contribution is 2.32. The molecule has 30 heavy (non-hydrogen) atoms. The summed E-state index contributed by atoms with van der Waals surface area (Å²) in [7, 11) is 0. The molecule has 6 heteroatoms. The third-order valence-electron chi connectivity index (χ3n) is 6.81. The standard InChI is InChI=1S/C24H31N5O/c1-18-9-14-27(15-10-18)22-20-17-29(23(30)19-7-3-2-4-8-19)16-11-21(20)25-24(26-22)28-12-5-6-13-28/h2-4,7-8,18H,5-6,9-17H2,1H3. The molecule has 4 heterocycles. The number of benzene rings is 1. The van der Waals surface area contributed by atoms with Crippen molar-refractivity contribution in [2.24, 2.45) is 5.92 Å². The third-order valence-corrected chi connectivity index (χ3v) is 6.81. The number of aromatic nitrogens is 2. The molecule has 2 aromatic rings. The number of rotatable bonds is 3. The molecule has 0 radical (unpaired) electrons. The van der Waals surface area contributed by atoms with Crippen molar-refractivity contribution in [3.05, 3.63) is 47.2 Å². The zero-order chi connectivity index (χ0) is 20.5. The van der Waals surface area contributed by atoms with Gasteiger partial charge in [0.15, 0.2) is 0 Å². The number of amides is 1. The van der Waals surface area contributed by atoms with Gasteiger partial charge in [0.1, 0.15) is 5.82 Å². The topological polar surface area (TPSA) is 52.6 Å². The highest BCUT2D eigenvalue weighted by Gasteiger charge is 2.30. The van der Waals surface area contributed by atoms with Gasteiger partial charge in [-0.15, -0.1) is 0 Å². The predicted molar refractivity (Wildman–Crippen MR) is 119 cm³/mol. The van der Waals surface area contributed by atoms with Gasteiger partial charge in [-0.1, -0.05) is 25.1 Å². The molecule has 3 aliphatic heterocycles. The minimum atomic E-state index is 0.100. The van der Waals surface area contributed by atoms with E-state index in [0.29, 0.717) is 13.1 Å². The van der Waals surface area contributed by atoms with Crippen LogP contribution in [0.15, 0.2) is 30.3 Å². The Morgan fingerprint density at radius 3 is 2.40 bits per heavy atom. The Morgan fingerprint density at radius 1 is 0.933 bits per heavy atom. The van der Waals surface area contributed by atoms with Crippen LogP contribution >= 0.6 is 0 Å².